The number of ether oxygens (including phenoxy) is 1. The van der Waals surface area contributed by atoms with Gasteiger partial charge in [-0.05, 0) is 73.7 Å². The zero-order valence-electron chi connectivity index (χ0n) is 23.0. The van der Waals surface area contributed by atoms with E-state index in [1.54, 1.807) is 36.3 Å². The number of hydrogen-bond donors (Lipinski definition) is 0. The number of nitrogens with zero attached hydrogens (tertiary/aromatic N) is 2. The summed E-state index contributed by atoms with van der Waals surface area (Å²) >= 11 is 0. The van der Waals surface area contributed by atoms with Crippen molar-refractivity contribution in [3.05, 3.63) is 101 Å². The van der Waals surface area contributed by atoms with Gasteiger partial charge in [-0.1, -0.05) is 48.0 Å². The van der Waals surface area contributed by atoms with Crippen LogP contribution in [0.4, 0.5) is 13.2 Å². The first kappa shape index (κ1) is 30.3. The van der Waals surface area contributed by atoms with E-state index in [1.807, 2.05) is 43.3 Å². The number of rotatable bonds is 9. The Morgan fingerprint density at radius 2 is 1.66 bits per heavy atom. The number of piperidine rings is 1. The zero-order chi connectivity index (χ0) is 29.6. The van der Waals surface area contributed by atoms with Crippen LogP contribution in [0.3, 0.4) is 0 Å². The van der Waals surface area contributed by atoms with Crippen LogP contribution >= 0.6 is 0 Å². The molecule has 3 aromatic carbocycles. The maximum absolute atomic E-state index is 13.6. The highest BCUT2D eigenvalue weighted by atomic mass is 32.2. The lowest BCUT2D eigenvalue weighted by atomic mass is 9.96. The molecule has 218 valence electrons. The van der Waals surface area contributed by atoms with Crippen molar-refractivity contribution in [2.45, 2.75) is 30.8 Å². The summed E-state index contributed by atoms with van der Waals surface area (Å²) in [6.07, 6.45) is -1.65. The Morgan fingerprint density at radius 1 is 1.00 bits per heavy atom. The van der Waals surface area contributed by atoms with Crippen LogP contribution in [0.2, 0.25) is 0 Å². The molecular formula is C31H33F3N2O4S. The second-order valence-corrected chi connectivity index (χ2v) is 12.1. The molecule has 10 heteroatoms. The molecule has 4 rings (SSSR count). The van der Waals surface area contributed by atoms with Crippen LogP contribution in [0.5, 0.6) is 5.75 Å². The number of sulfonamides is 1. The van der Waals surface area contributed by atoms with Crippen molar-refractivity contribution in [2.75, 3.05) is 33.3 Å². The van der Waals surface area contributed by atoms with Gasteiger partial charge in [-0.25, -0.2) is 8.42 Å². The maximum Gasteiger partial charge on any atom is 0.416 e. The molecule has 0 radical (unpaired) electrons. The monoisotopic (exact) mass is 586 g/mol. The third-order valence-electron chi connectivity index (χ3n) is 7.13. The molecule has 0 aromatic heterocycles. The first-order valence-electron chi connectivity index (χ1n) is 13.3. The Labute approximate surface area is 239 Å². The van der Waals surface area contributed by atoms with Crippen LogP contribution in [0.1, 0.15) is 41.3 Å². The molecule has 0 bridgehead atoms. The van der Waals surface area contributed by atoms with Gasteiger partial charge in [-0.3, -0.25) is 4.79 Å². The van der Waals surface area contributed by atoms with E-state index in [4.69, 9.17) is 4.74 Å². The minimum atomic E-state index is -4.63. The Morgan fingerprint density at radius 3 is 2.27 bits per heavy atom. The average Bonchev–Trinajstić information content (AvgIpc) is 2.97. The van der Waals surface area contributed by atoms with Crippen LogP contribution in [0.15, 0.2) is 89.3 Å². The molecule has 0 spiro atoms. The molecule has 1 aliphatic rings. The first-order valence-corrected chi connectivity index (χ1v) is 14.7. The zero-order valence-corrected chi connectivity index (χ0v) is 23.8. The fourth-order valence-corrected chi connectivity index (χ4v) is 6.46. The number of methoxy groups -OCH3 is 1. The van der Waals surface area contributed by atoms with Crippen molar-refractivity contribution in [2.24, 2.45) is 5.92 Å². The predicted molar refractivity (Wildman–Crippen MR) is 152 cm³/mol. The lowest BCUT2D eigenvalue weighted by Gasteiger charge is -2.34. The van der Waals surface area contributed by atoms with Crippen molar-refractivity contribution >= 4 is 22.0 Å². The van der Waals surface area contributed by atoms with Crippen LogP contribution in [0.25, 0.3) is 6.08 Å². The van der Waals surface area contributed by atoms with E-state index < -0.39 is 21.8 Å². The van der Waals surface area contributed by atoms with Gasteiger partial charge in [-0.15, -0.1) is 0 Å². The fraction of sp³-hybridized carbons (Fsp3) is 0.323. The molecule has 1 amide bonds. The molecule has 0 unspecified atom stereocenters. The average molecular weight is 587 g/mol. The van der Waals surface area contributed by atoms with E-state index in [9.17, 15) is 26.4 Å². The van der Waals surface area contributed by atoms with E-state index in [0.29, 0.717) is 43.3 Å². The molecule has 0 saturated carbocycles. The molecule has 1 saturated heterocycles. The van der Waals surface area contributed by atoms with Gasteiger partial charge in [0.15, 0.2) is 0 Å². The summed E-state index contributed by atoms with van der Waals surface area (Å²) in [6.45, 7) is 3.09. The summed E-state index contributed by atoms with van der Waals surface area (Å²) in [6, 6.07) is 20.5. The molecule has 0 aliphatic carbocycles. The lowest BCUT2D eigenvalue weighted by molar-refractivity contribution is -0.137. The summed E-state index contributed by atoms with van der Waals surface area (Å²) in [5, 5.41) is 0. The maximum atomic E-state index is 13.6. The van der Waals surface area contributed by atoms with Gasteiger partial charge in [-0.2, -0.15) is 17.5 Å². The molecule has 0 atom stereocenters. The minimum absolute atomic E-state index is 0.0229. The molecule has 1 heterocycles. The third kappa shape index (κ3) is 7.77. The summed E-state index contributed by atoms with van der Waals surface area (Å²) in [5.41, 5.74) is 1.53. The highest BCUT2D eigenvalue weighted by Crippen LogP contribution is 2.32. The summed E-state index contributed by atoms with van der Waals surface area (Å²) in [5.74, 6) is 0.518. The number of hydrogen-bond acceptors (Lipinski definition) is 4. The highest BCUT2D eigenvalue weighted by Gasteiger charge is 2.34. The van der Waals surface area contributed by atoms with Crippen molar-refractivity contribution in [3.63, 3.8) is 0 Å². The van der Waals surface area contributed by atoms with Crippen molar-refractivity contribution in [1.29, 1.82) is 0 Å². The Bertz CT molecular complexity index is 1470. The summed E-state index contributed by atoms with van der Waals surface area (Å²) in [7, 11) is -2.53. The smallest absolute Gasteiger partial charge is 0.416 e. The standard InChI is InChI=1S/C31H33F3N2O4S/c1-23(19-24-7-4-3-5-8-24)21-35(30(37)26-11-13-28(40-2)14-12-26)22-25-15-17-36(18-16-25)41(38,39)29-10-6-9-27(20-29)31(32,33)34/h3-14,19-20,25H,15-18,21-22H2,1-2H3/b23-19+. The van der Waals surface area contributed by atoms with E-state index in [2.05, 4.69) is 0 Å². The fourth-order valence-electron chi connectivity index (χ4n) is 4.94. The van der Waals surface area contributed by atoms with E-state index in [-0.39, 0.29) is 29.8 Å². The van der Waals surface area contributed by atoms with Crippen LogP contribution in [-0.4, -0.2) is 56.8 Å². The molecule has 3 aromatic rings. The number of amides is 1. The second kappa shape index (κ2) is 12.9. The molecular weight excluding hydrogens is 553 g/mol. The summed E-state index contributed by atoms with van der Waals surface area (Å²) < 4.78 is 72.2. The molecule has 1 fully saturated rings. The predicted octanol–water partition coefficient (Wildman–Crippen LogP) is 6.36. The van der Waals surface area contributed by atoms with Gasteiger partial charge >= 0.3 is 6.18 Å². The lowest BCUT2D eigenvalue weighted by Crippen LogP contribution is -2.43. The number of alkyl halides is 3. The first-order chi connectivity index (χ1) is 19.5. The van der Waals surface area contributed by atoms with Gasteiger partial charge in [0, 0.05) is 31.7 Å². The number of benzene rings is 3. The SMILES string of the molecule is COc1ccc(C(=O)N(C/C(C)=C/c2ccccc2)CC2CCN(S(=O)(=O)c3cccc(C(F)(F)F)c3)CC2)cc1. The normalized spacial score (nSPS) is 15.5. The Hall–Kier alpha value is -3.63. The number of halogens is 3. The van der Waals surface area contributed by atoms with Crippen molar-refractivity contribution < 1.29 is 31.1 Å². The topological polar surface area (TPSA) is 66.9 Å². The van der Waals surface area contributed by atoms with Crippen LogP contribution < -0.4 is 4.74 Å². The van der Waals surface area contributed by atoms with Gasteiger partial charge in [0.2, 0.25) is 10.0 Å². The Balaban J connectivity index is 1.48. The van der Waals surface area contributed by atoms with Gasteiger partial charge < -0.3 is 9.64 Å². The molecule has 6 nitrogen and oxygen atoms in total. The van der Waals surface area contributed by atoms with Crippen molar-refractivity contribution in [1.82, 2.24) is 9.21 Å². The van der Waals surface area contributed by atoms with Crippen LogP contribution in [0, 0.1) is 5.92 Å². The third-order valence-corrected chi connectivity index (χ3v) is 9.02. The van der Waals surface area contributed by atoms with E-state index >= 15 is 0 Å². The highest BCUT2D eigenvalue weighted by molar-refractivity contribution is 7.89. The minimum Gasteiger partial charge on any atom is -0.497 e. The number of carbonyl (C=O) groups excluding carboxylic acids is 1. The van der Waals surface area contributed by atoms with Gasteiger partial charge in [0.1, 0.15) is 5.75 Å². The molecule has 1 aliphatic heterocycles. The largest absolute Gasteiger partial charge is 0.497 e. The second-order valence-electron chi connectivity index (χ2n) is 10.2. The summed E-state index contributed by atoms with van der Waals surface area (Å²) in [4.78, 5) is 15.0. The van der Waals surface area contributed by atoms with Crippen molar-refractivity contribution in [3.8, 4) is 5.75 Å². The van der Waals surface area contributed by atoms with Gasteiger partial charge in [0.25, 0.3) is 5.91 Å². The van der Waals surface area contributed by atoms with Gasteiger partial charge in [0.05, 0.1) is 17.6 Å². The Kier molecular flexibility index (Phi) is 9.55. The van der Waals surface area contributed by atoms with E-state index in [0.717, 1.165) is 23.3 Å². The quantitative estimate of drug-likeness (QED) is 0.293. The molecule has 41 heavy (non-hydrogen) atoms. The number of carbonyl (C=O) groups is 1. The van der Waals surface area contributed by atoms with Crippen LogP contribution in [-0.2, 0) is 16.2 Å². The van der Waals surface area contributed by atoms with E-state index in [1.165, 1.54) is 10.4 Å². The molecule has 0 N–H and O–H groups in total.